The molecule has 2 atom stereocenters. The maximum atomic E-state index is 11.7. The predicted molar refractivity (Wildman–Crippen MR) is 78.4 cm³/mol. The van der Waals surface area contributed by atoms with Crippen LogP contribution in [0.1, 0.15) is 38.5 Å². The summed E-state index contributed by atoms with van der Waals surface area (Å²) < 4.78 is 29.4. The van der Waals surface area contributed by atoms with Crippen molar-refractivity contribution in [1.82, 2.24) is 4.90 Å². The van der Waals surface area contributed by atoms with E-state index >= 15 is 0 Å². The van der Waals surface area contributed by atoms with Crippen LogP contribution in [0.15, 0.2) is 0 Å². The minimum Gasteiger partial charge on any atom is -0.375 e. The average molecular weight is 302 g/mol. The molecule has 3 aliphatic rings. The van der Waals surface area contributed by atoms with Gasteiger partial charge in [-0.3, -0.25) is 4.90 Å². The molecule has 0 aromatic rings. The van der Waals surface area contributed by atoms with E-state index in [0.717, 1.165) is 19.6 Å². The van der Waals surface area contributed by atoms with E-state index in [4.69, 9.17) is 10.5 Å². The van der Waals surface area contributed by atoms with Crippen molar-refractivity contribution >= 4 is 9.84 Å². The van der Waals surface area contributed by atoms with Gasteiger partial charge in [0.2, 0.25) is 0 Å². The summed E-state index contributed by atoms with van der Waals surface area (Å²) in [5.41, 5.74) is 5.99. The number of hydrogen-bond acceptors (Lipinski definition) is 5. The molecule has 0 radical (unpaired) electrons. The van der Waals surface area contributed by atoms with Gasteiger partial charge in [0.1, 0.15) is 9.84 Å². The van der Waals surface area contributed by atoms with Crippen molar-refractivity contribution in [2.75, 3.05) is 31.2 Å². The molecule has 0 spiro atoms. The molecule has 2 aliphatic heterocycles. The average Bonchev–Trinajstić information content (AvgIpc) is 2.48. The summed E-state index contributed by atoms with van der Waals surface area (Å²) in [5, 5.41) is 0. The van der Waals surface area contributed by atoms with Gasteiger partial charge in [-0.05, 0) is 25.7 Å². The van der Waals surface area contributed by atoms with E-state index < -0.39 is 9.84 Å². The highest BCUT2D eigenvalue weighted by atomic mass is 32.2. The fourth-order valence-corrected chi connectivity index (χ4v) is 5.80. The van der Waals surface area contributed by atoms with Crippen LogP contribution in [0.5, 0.6) is 0 Å². The van der Waals surface area contributed by atoms with Crippen LogP contribution in [-0.4, -0.2) is 62.2 Å². The van der Waals surface area contributed by atoms with Crippen LogP contribution in [0.4, 0.5) is 0 Å². The van der Waals surface area contributed by atoms with Crippen molar-refractivity contribution in [2.24, 2.45) is 5.73 Å². The monoisotopic (exact) mass is 302 g/mol. The second kappa shape index (κ2) is 5.55. The third-order valence-corrected chi connectivity index (χ3v) is 7.13. The van der Waals surface area contributed by atoms with Gasteiger partial charge in [-0.1, -0.05) is 12.8 Å². The molecule has 2 saturated heterocycles. The van der Waals surface area contributed by atoms with Gasteiger partial charge in [0.15, 0.2) is 0 Å². The predicted octanol–water partition coefficient (Wildman–Crippen LogP) is 0.536. The van der Waals surface area contributed by atoms with E-state index in [0.29, 0.717) is 43.0 Å². The van der Waals surface area contributed by atoms with Gasteiger partial charge >= 0.3 is 0 Å². The Morgan fingerprint density at radius 1 is 1.20 bits per heavy atom. The van der Waals surface area contributed by atoms with Gasteiger partial charge in [0.05, 0.1) is 24.2 Å². The van der Waals surface area contributed by atoms with E-state index in [9.17, 15) is 8.42 Å². The maximum absolute atomic E-state index is 11.7. The third-order valence-electron chi connectivity index (χ3n) is 5.48. The number of nitrogens with two attached hydrogens (primary N) is 1. The summed E-state index contributed by atoms with van der Waals surface area (Å²) in [4.78, 5) is 2.52. The second-order valence-electron chi connectivity index (χ2n) is 6.53. The standard InChI is InChI=1S/C14H26N2O3S/c15-11-14(5-9-20(17,18)10-6-14)16-7-8-19-13-4-2-1-3-12(13)16/h12-13H,1-11,15H2. The Kier molecular flexibility index (Phi) is 4.10. The van der Waals surface area contributed by atoms with Crippen LogP contribution in [0, 0.1) is 0 Å². The molecule has 0 aromatic heterocycles. The zero-order valence-electron chi connectivity index (χ0n) is 12.1. The lowest BCUT2D eigenvalue weighted by Gasteiger charge is -2.54. The number of rotatable bonds is 2. The molecule has 20 heavy (non-hydrogen) atoms. The van der Waals surface area contributed by atoms with Gasteiger partial charge in [0, 0.05) is 24.7 Å². The van der Waals surface area contributed by atoms with Crippen molar-refractivity contribution in [3.63, 3.8) is 0 Å². The molecule has 2 unspecified atom stereocenters. The Bertz CT molecular complexity index is 435. The third kappa shape index (κ3) is 2.63. The molecule has 0 bridgehead atoms. The summed E-state index contributed by atoms with van der Waals surface area (Å²) in [7, 11) is -2.85. The number of morpholine rings is 1. The summed E-state index contributed by atoms with van der Waals surface area (Å²) in [6.07, 6.45) is 6.52. The number of sulfone groups is 1. The van der Waals surface area contributed by atoms with Crippen LogP contribution in [0.3, 0.4) is 0 Å². The molecule has 2 heterocycles. The maximum Gasteiger partial charge on any atom is 0.150 e. The molecule has 1 aliphatic carbocycles. The lowest BCUT2D eigenvalue weighted by atomic mass is 9.82. The molecule has 0 amide bonds. The number of nitrogens with zero attached hydrogens (tertiary/aromatic N) is 1. The molecule has 6 heteroatoms. The quantitative estimate of drug-likeness (QED) is 0.806. The van der Waals surface area contributed by atoms with Crippen LogP contribution in [0.2, 0.25) is 0 Å². The van der Waals surface area contributed by atoms with E-state index in [1.165, 1.54) is 19.3 Å². The zero-order valence-corrected chi connectivity index (χ0v) is 12.9. The first-order chi connectivity index (χ1) is 9.56. The fourth-order valence-electron chi connectivity index (χ4n) is 4.21. The fraction of sp³-hybridized carbons (Fsp3) is 1.00. The van der Waals surface area contributed by atoms with Crippen LogP contribution in [-0.2, 0) is 14.6 Å². The second-order valence-corrected chi connectivity index (χ2v) is 8.84. The summed E-state index contributed by atoms with van der Waals surface area (Å²) in [5.74, 6) is 0.581. The number of hydrogen-bond donors (Lipinski definition) is 1. The van der Waals surface area contributed by atoms with Crippen molar-refractivity contribution < 1.29 is 13.2 Å². The van der Waals surface area contributed by atoms with Crippen molar-refractivity contribution in [3.8, 4) is 0 Å². The highest BCUT2D eigenvalue weighted by molar-refractivity contribution is 7.91. The topological polar surface area (TPSA) is 72.6 Å². The van der Waals surface area contributed by atoms with Crippen molar-refractivity contribution in [2.45, 2.75) is 56.2 Å². The van der Waals surface area contributed by atoms with Crippen LogP contribution < -0.4 is 5.73 Å². The number of fused-ring (bicyclic) bond motifs is 1. The van der Waals surface area contributed by atoms with E-state index in [-0.39, 0.29) is 5.54 Å². The Hall–Kier alpha value is -0.170. The first-order valence-electron chi connectivity index (χ1n) is 7.85. The summed E-state index contributed by atoms with van der Waals surface area (Å²) >= 11 is 0. The van der Waals surface area contributed by atoms with E-state index in [2.05, 4.69) is 4.90 Å². The van der Waals surface area contributed by atoms with Gasteiger partial charge in [0.25, 0.3) is 0 Å². The Labute approximate surface area is 121 Å². The molecule has 3 fully saturated rings. The van der Waals surface area contributed by atoms with Crippen LogP contribution >= 0.6 is 0 Å². The minimum atomic E-state index is -2.85. The van der Waals surface area contributed by atoms with Crippen LogP contribution in [0.25, 0.3) is 0 Å². The SMILES string of the molecule is NCC1(N2CCOC3CCCCC32)CCS(=O)(=O)CC1. The molecule has 1 saturated carbocycles. The minimum absolute atomic E-state index is 0.116. The van der Waals surface area contributed by atoms with Gasteiger partial charge in [-0.2, -0.15) is 0 Å². The summed E-state index contributed by atoms with van der Waals surface area (Å²) in [6.45, 7) is 2.22. The molecule has 3 rings (SSSR count). The lowest BCUT2D eigenvalue weighted by molar-refractivity contribution is -0.127. The zero-order chi connectivity index (χ0) is 14.2. The molecule has 5 nitrogen and oxygen atoms in total. The highest BCUT2D eigenvalue weighted by Gasteiger charge is 2.47. The molecular formula is C14H26N2O3S. The normalized spacial score (nSPS) is 37.2. The number of ether oxygens (including phenoxy) is 1. The summed E-state index contributed by atoms with van der Waals surface area (Å²) in [6, 6.07) is 0.446. The van der Waals surface area contributed by atoms with Gasteiger partial charge in [-0.25, -0.2) is 8.42 Å². The highest BCUT2D eigenvalue weighted by Crippen LogP contribution is 2.37. The lowest BCUT2D eigenvalue weighted by Crippen LogP contribution is -2.66. The van der Waals surface area contributed by atoms with Gasteiger partial charge < -0.3 is 10.5 Å². The Morgan fingerprint density at radius 3 is 2.60 bits per heavy atom. The van der Waals surface area contributed by atoms with Crippen molar-refractivity contribution in [3.05, 3.63) is 0 Å². The largest absolute Gasteiger partial charge is 0.375 e. The van der Waals surface area contributed by atoms with E-state index in [1.807, 2.05) is 0 Å². The smallest absolute Gasteiger partial charge is 0.150 e. The Balaban J connectivity index is 1.81. The van der Waals surface area contributed by atoms with Crippen molar-refractivity contribution in [1.29, 1.82) is 0 Å². The van der Waals surface area contributed by atoms with Gasteiger partial charge in [-0.15, -0.1) is 0 Å². The first-order valence-corrected chi connectivity index (χ1v) is 9.67. The molecule has 2 N–H and O–H groups in total. The molecule has 116 valence electrons. The van der Waals surface area contributed by atoms with E-state index in [1.54, 1.807) is 0 Å². The first kappa shape index (κ1) is 14.8. The molecule has 0 aromatic carbocycles. The Morgan fingerprint density at radius 2 is 1.90 bits per heavy atom. The molecular weight excluding hydrogens is 276 g/mol.